The van der Waals surface area contributed by atoms with Gasteiger partial charge in [0.05, 0.1) is 12.6 Å². The van der Waals surface area contributed by atoms with Crippen molar-refractivity contribution in [2.45, 2.75) is 43.8 Å². The predicted octanol–water partition coefficient (Wildman–Crippen LogP) is 0.0212. The van der Waals surface area contributed by atoms with Crippen molar-refractivity contribution >= 4 is 40.6 Å². The van der Waals surface area contributed by atoms with Gasteiger partial charge in [0.25, 0.3) is 0 Å². The van der Waals surface area contributed by atoms with E-state index in [0.717, 1.165) is 10.9 Å². The number of carboxylic acids is 2. The number of phenols is 1. The fraction of sp³-hybridized carbons (Fsp3) is 0.296. The van der Waals surface area contributed by atoms with Crippen molar-refractivity contribution in [1.29, 1.82) is 0 Å². The maximum absolute atomic E-state index is 13.0. The Hall–Kier alpha value is -4.91. The van der Waals surface area contributed by atoms with Crippen LogP contribution < -0.4 is 21.7 Å². The Morgan fingerprint density at radius 1 is 0.875 bits per heavy atom. The van der Waals surface area contributed by atoms with Crippen LogP contribution in [-0.2, 0) is 36.8 Å². The zero-order valence-electron chi connectivity index (χ0n) is 21.4. The van der Waals surface area contributed by atoms with Crippen LogP contribution in [0.25, 0.3) is 10.9 Å². The molecule has 3 unspecified atom stereocenters. The summed E-state index contributed by atoms with van der Waals surface area (Å²) in [6.45, 7) is -0.545. The molecule has 0 saturated heterocycles. The SMILES string of the molecule is NC(Cc1ccc(O)cc1)C(=O)NCC(=O)NC(CCC(=O)O)C(=O)NC(Cc1c[nH]c2ccccc12)C(=O)O. The maximum atomic E-state index is 13.0. The molecule has 2 aromatic carbocycles. The molecule has 13 heteroatoms. The molecule has 0 bridgehead atoms. The maximum Gasteiger partial charge on any atom is 0.326 e. The number of nitrogens with one attached hydrogen (secondary N) is 4. The number of carbonyl (C=O) groups excluding carboxylic acids is 3. The summed E-state index contributed by atoms with van der Waals surface area (Å²) in [5, 5.41) is 36.0. The first-order valence-corrected chi connectivity index (χ1v) is 12.4. The van der Waals surface area contributed by atoms with E-state index >= 15 is 0 Å². The van der Waals surface area contributed by atoms with Crippen molar-refractivity contribution in [3.8, 4) is 5.75 Å². The topological polar surface area (TPSA) is 224 Å². The average Bonchev–Trinajstić information content (AvgIpc) is 3.33. The Labute approximate surface area is 228 Å². The van der Waals surface area contributed by atoms with Crippen LogP contribution in [0.15, 0.2) is 54.7 Å². The van der Waals surface area contributed by atoms with Gasteiger partial charge < -0.3 is 42.0 Å². The first kappa shape index (κ1) is 29.6. The van der Waals surface area contributed by atoms with Crippen molar-refractivity contribution in [2.24, 2.45) is 5.73 Å². The molecule has 1 heterocycles. The molecule has 13 nitrogen and oxygen atoms in total. The summed E-state index contributed by atoms with van der Waals surface area (Å²) in [6.07, 6.45) is 0.957. The van der Waals surface area contributed by atoms with Gasteiger partial charge in [-0.1, -0.05) is 30.3 Å². The Morgan fingerprint density at radius 3 is 2.25 bits per heavy atom. The first-order chi connectivity index (χ1) is 19.0. The standard InChI is InChI=1S/C27H31N5O8/c28-19(11-15-5-7-17(33)8-6-15)25(37)30-14-23(34)31-21(9-10-24(35)36)26(38)32-22(27(39)40)12-16-13-29-20-4-2-1-3-18(16)20/h1-8,13,19,21-22,29,33H,9-12,14,28H2,(H,30,37)(H,31,34)(H,32,38)(H,35,36)(H,39,40). The van der Waals surface area contributed by atoms with Crippen molar-refractivity contribution < 1.29 is 39.3 Å². The molecule has 212 valence electrons. The number of rotatable bonds is 14. The zero-order valence-corrected chi connectivity index (χ0v) is 21.4. The van der Waals surface area contributed by atoms with Crippen molar-refractivity contribution in [2.75, 3.05) is 6.54 Å². The number of phenolic OH excluding ortho intramolecular Hbond substituents is 1. The molecule has 0 saturated carbocycles. The van der Waals surface area contributed by atoms with Gasteiger partial charge in [0.15, 0.2) is 0 Å². The van der Waals surface area contributed by atoms with E-state index in [9.17, 15) is 34.2 Å². The third-order valence-electron chi connectivity index (χ3n) is 6.16. The molecule has 3 aromatic rings. The summed E-state index contributed by atoms with van der Waals surface area (Å²) in [7, 11) is 0. The van der Waals surface area contributed by atoms with Crippen LogP contribution in [-0.4, -0.2) is 74.6 Å². The van der Waals surface area contributed by atoms with Gasteiger partial charge in [-0.3, -0.25) is 19.2 Å². The van der Waals surface area contributed by atoms with Crippen LogP contribution in [0.1, 0.15) is 24.0 Å². The highest BCUT2D eigenvalue weighted by atomic mass is 16.4. The van der Waals surface area contributed by atoms with Crippen LogP contribution in [0.3, 0.4) is 0 Å². The summed E-state index contributed by atoms with van der Waals surface area (Å²) in [4.78, 5) is 63.9. The summed E-state index contributed by atoms with van der Waals surface area (Å²) >= 11 is 0. The van der Waals surface area contributed by atoms with Gasteiger partial charge in [-0.25, -0.2) is 4.79 Å². The Kier molecular flexibility index (Phi) is 10.2. The molecular weight excluding hydrogens is 522 g/mol. The molecule has 0 radical (unpaired) electrons. The number of aliphatic carboxylic acids is 2. The first-order valence-electron chi connectivity index (χ1n) is 12.4. The molecule has 0 aliphatic carbocycles. The fourth-order valence-corrected chi connectivity index (χ4v) is 4.05. The van der Waals surface area contributed by atoms with Gasteiger partial charge in [0.2, 0.25) is 17.7 Å². The number of hydrogen-bond donors (Lipinski definition) is 8. The van der Waals surface area contributed by atoms with Crippen molar-refractivity contribution in [3.63, 3.8) is 0 Å². The number of nitrogens with two attached hydrogens (primary N) is 1. The molecule has 3 atom stereocenters. The summed E-state index contributed by atoms with van der Waals surface area (Å²) in [5.74, 6) is -4.77. The molecule has 40 heavy (non-hydrogen) atoms. The molecular formula is C27H31N5O8. The lowest BCUT2D eigenvalue weighted by Crippen LogP contribution is -2.54. The zero-order chi connectivity index (χ0) is 29.2. The van der Waals surface area contributed by atoms with Gasteiger partial charge in [-0.2, -0.15) is 0 Å². The van der Waals surface area contributed by atoms with Crippen LogP contribution in [0.5, 0.6) is 5.75 Å². The van der Waals surface area contributed by atoms with Gasteiger partial charge in [0, 0.05) is 29.9 Å². The molecule has 1 aromatic heterocycles. The minimum atomic E-state index is -1.36. The Bertz CT molecular complexity index is 1370. The monoisotopic (exact) mass is 553 g/mol. The van der Waals surface area contributed by atoms with Crippen LogP contribution in [0.4, 0.5) is 0 Å². The number of carboxylic acid groups (broad SMARTS) is 2. The van der Waals surface area contributed by atoms with Gasteiger partial charge in [0.1, 0.15) is 17.8 Å². The van der Waals surface area contributed by atoms with E-state index < -0.39 is 60.8 Å². The molecule has 0 aliphatic rings. The molecule has 9 N–H and O–H groups in total. The normalized spacial score (nSPS) is 13.1. The van der Waals surface area contributed by atoms with Gasteiger partial charge in [-0.15, -0.1) is 0 Å². The number of aromatic amines is 1. The number of aromatic hydroxyl groups is 1. The van der Waals surface area contributed by atoms with Crippen LogP contribution in [0.2, 0.25) is 0 Å². The van der Waals surface area contributed by atoms with Gasteiger partial charge in [-0.05, 0) is 42.2 Å². The van der Waals surface area contributed by atoms with E-state index in [0.29, 0.717) is 11.1 Å². The van der Waals surface area contributed by atoms with E-state index in [4.69, 9.17) is 10.8 Å². The Morgan fingerprint density at radius 2 is 1.57 bits per heavy atom. The summed E-state index contributed by atoms with van der Waals surface area (Å²) in [6, 6.07) is 9.63. The summed E-state index contributed by atoms with van der Waals surface area (Å²) < 4.78 is 0. The van der Waals surface area contributed by atoms with Crippen molar-refractivity contribution in [1.82, 2.24) is 20.9 Å². The quantitative estimate of drug-likeness (QED) is 0.134. The third-order valence-corrected chi connectivity index (χ3v) is 6.16. The third kappa shape index (κ3) is 8.56. The smallest absolute Gasteiger partial charge is 0.326 e. The minimum absolute atomic E-state index is 0.0559. The number of benzene rings is 2. The van der Waals surface area contributed by atoms with E-state index in [1.54, 1.807) is 24.4 Å². The number of fused-ring (bicyclic) bond motifs is 1. The van der Waals surface area contributed by atoms with Gasteiger partial charge >= 0.3 is 11.9 Å². The minimum Gasteiger partial charge on any atom is -0.508 e. The molecule has 0 spiro atoms. The highest BCUT2D eigenvalue weighted by molar-refractivity contribution is 5.93. The lowest BCUT2D eigenvalue weighted by molar-refractivity contribution is -0.143. The van der Waals surface area contributed by atoms with E-state index in [-0.39, 0.29) is 25.0 Å². The number of para-hydroxylation sites is 1. The molecule has 3 amide bonds. The number of aromatic nitrogens is 1. The second-order valence-corrected chi connectivity index (χ2v) is 9.21. The van der Waals surface area contributed by atoms with E-state index in [2.05, 4.69) is 20.9 Å². The lowest BCUT2D eigenvalue weighted by Gasteiger charge is -2.21. The van der Waals surface area contributed by atoms with Crippen molar-refractivity contribution in [3.05, 3.63) is 65.9 Å². The van der Waals surface area contributed by atoms with Crippen LogP contribution in [0, 0.1) is 0 Å². The summed E-state index contributed by atoms with van der Waals surface area (Å²) in [5.41, 5.74) is 8.02. The predicted molar refractivity (Wildman–Crippen MR) is 143 cm³/mol. The Balaban J connectivity index is 1.59. The number of hydrogen-bond acceptors (Lipinski definition) is 7. The van der Waals surface area contributed by atoms with Crippen LogP contribution >= 0.6 is 0 Å². The van der Waals surface area contributed by atoms with E-state index in [1.165, 1.54) is 12.1 Å². The molecule has 0 fully saturated rings. The highest BCUT2D eigenvalue weighted by Gasteiger charge is 2.28. The number of H-pyrrole nitrogens is 1. The lowest BCUT2D eigenvalue weighted by atomic mass is 10.0. The average molecular weight is 554 g/mol. The number of carbonyl (C=O) groups is 5. The molecule has 3 rings (SSSR count). The van der Waals surface area contributed by atoms with E-state index in [1.807, 2.05) is 18.2 Å². The fourth-order valence-electron chi connectivity index (χ4n) is 4.05. The highest BCUT2D eigenvalue weighted by Crippen LogP contribution is 2.19. The largest absolute Gasteiger partial charge is 0.508 e. The second-order valence-electron chi connectivity index (χ2n) is 9.21. The molecule has 0 aliphatic heterocycles. The number of amides is 3. The second kappa shape index (κ2) is 13.8.